The van der Waals surface area contributed by atoms with Crippen molar-refractivity contribution in [2.75, 3.05) is 11.9 Å². The highest BCUT2D eigenvalue weighted by molar-refractivity contribution is 6.30. The van der Waals surface area contributed by atoms with Crippen molar-refractivity contribution in [3.05, 3.63) is 45.9 Å². The Morgan fingerprint density at radius 1 is 1.14 bits per heavy atom. The van der Waals surface area contributed by atoms with Gasteiger partial charge in [0, 0.05) is 24.7 Å². The Bertz CT molecular complexity index is 653. The lowest BCUT2D eigenvalue weighted by molar-refractivity contribution is 0.826. The third-order valence-corrected chi connectivity index (χ3v) is 3.98. The third kappa shape index (κ3) is 3.35. The normalized spacial score (nSPS) is 10.8. The van der Waals surface area contributed by atoms with Crippen molar-refractivity contribution in [2.24, 2.45) is 0 Å². The molecule has 0 saturated carbocycles. The van der Waals surface area contributed by atoms with E-state index in [9.17, 15) is 0 Å². The van der Waals surface area contributed by atoms with Gasteiger partial charge < -0.3 is 4.90 Å². The van der Waals surface area contributed by atoms with Crippen LogP contribution >= 0.6 is 11.6 Å². The van der Waals surface area contributed by atoms with Gasteiger partial charge in [-0.1, -0.05) is 36.2 Å². The minimum atomic E-state index is 0.542. The summed E-state index contributed by atoms with van der Waals surface area (Å²) in [4.78, 5) is 11.2. The number of hydrogen-bond acceptors (Lipinski definition) is 3. The highest BCUT2D eigenvalue weighted by Gasteiger charge is 2.15. The van der Waals surface area contributed by atoms with E-state index in [1.54, 1.807) is 0 Å². The van der Waals surface area contributed by atoms with E-state index in [0.29, 0.717) is 5.15 Å². The molecule has 21 heavy (non-hydrogen) atoms. The van der Waals surface area contributed by atoms with Crippen LogP contribution in [-0.2, 0) is 6.42 Å². The molecule has 1 aromatic heterocycles. The molecule has 2 aromatic rings. The van der Waals surface area contributed by atoms with E-state index >= 15 is 0 Å². The molecule has 0 spiro atoms. The fourth-order valence-corrected chi connectivity index (χ4v) is 2.66. The van der Waals surface area contributed by atoms with Gasteiger partial charge in [0.15, 0.2) is 0 Å². The van der Waals surface area contributed by atoms with Gasteiger partial charge in [0.2, 0.25) is 0 Å². The molecule has 0 atom stereocenters. The lowest BCUT2D eigenvalue weighted by Gasteiger charge is -2.23. The zero-order valence-electron chi connectivity index (χ0n) is 13.4. The molecule has 2 rings (SSSR count). The largest absolute Gasteiger partial charge is 0.329 e. The van der Waals surface area contributed by atoms with Crippen LogP contribution in [0.2, 0.25) is 5.15 Å². The molecule has 0 amide bonds. The number of nitrogens with zero attached hydrogens (tertiary/aromatic N) is 3. The first kappa shape index (κ1) is 15.8. The monoisotopic (exact) mass is 303 g/mol. The molecule has 1 aromatic carbocycles. The van der Waals surface area contributed by atoms with Crippen LogP contribution in [0.15, 0.2) is 18.2 Å². The second-order valence-corrected chi connectivity index (χ2v) is 5.84. The number of aryl methyl sites for hydroxylation is 3. The van der Waals surface area contributed by atoms with E-state index < -0.39 is 0 Å². The van der Waals surface area contributed by atoms with Crippen molar-refractivity contribution in [3.8, 4) is 0 Å². The molecule has 1 heterocycles. The molecule has 0 aliphatic rings. The zero-order valence-corrected chi connectivity index (χ0v) is 14.1. The second kappa shape index (κ2) is 6.44. The average Bonchev–Trinajstić information content (AvgIpc) is 2.42. The van der Waals surface area contributed by atoms with Gasteiger partial charge in [0.1, 0.15) is 16.8 Å². The van der Waals surface area contributed by atoms with Crippen LogP contribution in [0.5, 0.6) is 0 Å². The quantitative estimate of drug-likeness (QED) is 0.761. The van der Waals surface area contributed by atoms with E-state index in [1.165, 1.54) is 11.1 Å². The van der Waals surface area contributed by atoms with E-state index in [2.05, 4.69) is 48.9 Å². The van der Waals surface area contributed by atoms with Gasteiger partial charge >= 0.3 is 0 Å². The minimum Gasteiger partial charge on any atom is -0.329 e. The maximum absolute atomic E-state index is 6.27. The first-order valence-corrected chi connectivity index (χ1v) is 7.65. The Morgan fingerprint density at radius 3 is 2.48 bits per heavy atom. The zero-order chi connectivity index (χ0) is 15.6. The summed E-state index contributed by atoms with van der Waals surface area (Å²) in [6.07, 6.45) is 1.85. The Hall–Kier alpha value is -1.61. The van der Waals surface area contributed by atoms with Gasteiger partial charge in [-0.2, -0.15) is 0 Å². The van der Waals surface area contributed by atoms with Crippen LogP contribution in [-0.4, -0.2) is 17.0 Å². The summed E-state index contributed by atoms with van der Waals surface area (Å²) in [5, 5.41) is 0.542. The van der Waals surface area contributed by atoms with Crippen LogP contribution < -0.4 is 4.90 Å². The van der Waals surface area contributed by atoms with Gasteiger partial charge in [0.05, 0.1) is 0 Å². The van der Waals surface area contributed by atoms with Crippen LogP contribution in [0.3, 0.4) is 0 Å². The molecule has 0 bridgehead atoms. The van der Waals surface area contributed by atoms with Gasteiger partial charge in [-0.25, -0.2) is 9.97 Å². The lowest BCUT2D eigenvalue weighted by Crippen LogP contribution is -2.16. The Balaban J connectivity index is 2.49. The number of rotatable bonds is 4. The molecule has 112 valence electrons. The predicted molar refractivity (Wildman–Crippen MR) is 89.8 cm³/mol. The predicted octanol–water partition coefficient (Wildman–Crippen LogP) is 4.78. The van der Waals surface area contributed by atoms with E-state index in [1.807, 2.05) is 14.0 Å². The van der Waals surface area contributed by atoms with Crippen molar-refractivity contribution in [1.82, 2.24) is 9.97 Å². The third-order valence-electron chi connectivity index (χ3n) is 3.61. The molecule has 0 aliphatic heterocycles. The fraction of sp³-hybridized carbons (Fsp3) is 0.412. The highest BCUT2D eigenvalue weighted by Crippen LogP contribution is 2.30. The molecule has 0 radical (unpaired) electrons. The van der Waals surface area contributed by atoms with Crippen molar-refractivity contribution in [3.63, 3.8) is 0 Å². The van der Waals surface area contributed by atoms with Crippen molar-refractivity contribution >= 4 is 23.1 Å². The summed E-state index contributed by atoms with van der Waals surface area (Å²) >= 11 is 6.27. The van der Waals surface area contributed by atoms with Crippen molar-refractivity contribution in [2.45, 2.75) is 40.5 Å². The Kier molecular flexibility index (Phi) is 4.84. The molecule has 0 fully saturated rings. The molecule has 0 unspecified atom stereocenters. The molecular weight excluding hydrogens is 282 g/mol. The molecule has 0 N–H and O–H groups in total. The maximum atomic E-state index is 6.27. The van der Waals surface area contributed by atoms with Crippen LogP contribution in [0.1, 0.15) is 35.9 Å². The number of anilines is 2. The van der Waals surface area contributed by atoms with Crippen LogP contribution in [0, 0.1) is 20.8 Å². The van der Waals surface area contributed by atoms with E-state index in [0.717, 1.165) is 35.7 Å². The van der Waals surface area contributed by atoms with Crippen LogP contribution in [0.4, 0.5) is 11.5 Å². The van der Waals surface area contributed by atoms with Gasteiger partial charge in [0.25, 0.3) is 0 Å². The summed E-state index contributed by atoms with van der Waals surface area (Å²) < 4.78 is 0. The SMILES string of the molecule is CCCc1nc(Cl)c(C)c(N(C)c2ccc(C)cc2C)n1. The van der Waals surface area contributed by atoms with Gasteiger partial charge in [-0.05, 0) is 38.8 Å². The standard InChI is InChI=1S/C17H22ClN3/c1-6-7-15-19-16(18)13(4)17(20-15)21(5)14-9-8-11(2)10-12(14)3/h8-10H,6-7H2,1-5H3. The Morgan fingerprint density at radius 2 is 1.86 bits per heavy atom. The lowest BCUT2D eigenvalue weighted by atomic mass is 10.1. The van der Waals surface area contributed by atoms with E-state index in [-0.39, 0.29) is 0 Å². The molecular formula is C17H22ClN3. The number of hydrogen-bond donors (Lipinski definition) is 0. The van der Waals surface area contributed by atoms with Crippen molar-refractivity contribution < 1.29 is 0 Å². The van der Waals surface area contributed by atoms with Crippen molar-refractivity contribution in [1.29, 1.82) is 0 Å². The smallest absolute Gasteiger partial charge is 0.140 e. The number of aromatic nitrogens is 2. The molecule has 4 heteroatoms. The summed E-state index contributed by atoms with van der Waals surface area (Å²) in [5.74, 6) is 1.69. The summed E-state index contributed by atoms with van der Waals surface area (Å²) in [7, 11) is 2.03. The average molecular weight is 304 g/mol. The van der Waals surface area contributed by atoms with Gasteiger partial charge in [-0.3, -0.25) is 0 Å². The first-order valence-electron chi connectivity index (χ1n) is 7.28. The molecule has 0 saturated heterocycles. The Labute approximate surface area is 132 Å². The summed E-state index contributed by atoms with van der Waals surface area (Å²) in [6, 6.07) is 6.42. The maximum Gasteiger partial charge on any atom is 0.140 e. The number of benzene rings is 1. The van der Waals surface area contributed by atoms with Gasteiger partial charge in [-0.15, -0.1) is 0 Å². The summed E-state index contributed by atoms with van der Waals surface area (Å²) in [6.45, 7) is 8.30. The molecule has 3 nitrogen and oxygen atoms in total. The number of halogens is 1. The topological polar surface area (TPSA) is 29.0 Å². The minimum absolute atomic E-state index is 0.542. The fourth-order valence-electron chi connectivity index (χ4n) is 2.48. The first-order chi connectivity index (χ1) is 9.93. The highest BCUT2D eigenvalue weighted by atomic mass is 35.5. The second-order valence-electron chi connectivity index (χ2n) is 5.48. The van der Waals surface area contributed by atoms with E-state index in [4.69, 9.17) is 16.6 Å². The summed E-state index contributed by atoms with van der Waals surface area (Å²) in [5.41, 5.74) is 4.54. The van der Waals surface area contributed by atoms with Crippen LogP contribution in [0.25, 0.3) is 0 Å². The molecule has 0 aliphatic carbocycles.